The van der Waals surface area contributed by atoms with E-state index in [-0.39, 0.29) is 11.4 Å². The van der Waals surface area contributed by atoms with E-state index in [0.717, 1.165) is 32.4 Å². The molecular weight excluding hydrogens is 396 g/mol. The lowest BCUT2D eigenvalue weighted by Crippen LogP contribution is -2.09. The molecule has 0 amide bonds. The molecule has 1 aromatic rings. The summed E-state index contributed by atoms with van der Waals surface area (Å²) < 4.78 is 11.0. The van der Waals surface area contributed by atoms with Gasteiger partial charge in [0.05, 0.1) is 18.1 Å². The van der Waals surface area contributed by atoms with E-state index < -0.39 is 4.92 Å². The van der Waals surface area contributed by atoms with Crippen LogP contribution in [0.5, 0.6) is 11.5 Å². The van der Waals surface area contributed by atoms with Crippen LogP contribution in [-0.4, -0.2) is 50.9 Å². The number of nitrogens with one attached hydrogen (secondary N) is 3. The van der Waals surface area contributed by atoms with Crippen molar-refractivity contribution in [2.75, 3.05) is 51.3 Å². The molecule has 1 aliphatic heterocycles. The summed E-state index contributed by atoms with van der Waals surface area (Å²) in [5, 5.41) is 20.8. The maximum atomic E-state index is 11.4. The summed E-state index contributed by atoms with van der Waals surface area (Å²) in [7, 11) is 0. The number of nitro groups is 1. The first-order valence-corrected chi connectivity index (χ1v) is 11.8. The molecule has 1 aromatic carbocycles. The number of benzene rings is 1. The lowest BCUT2D eigenvalue weighted by Gasteiger charge is -2.13. The zero-order chi connectivity index (χ0) is 23.3. The second kappa shape index (κ2) is 19.9. The van der Waals surface area contributed by atoms with Crippen LogP contribution >= 0.6 is 0 Å². The zero-order valence-corrected chi connectivity index (χ0v) is 20.2. The number of anilines is 1. The highest BCUT2D eigenvalue weighted by molar-refractivity contribution is 5.71. The van der Waals surface area contributed by atoms with Crippen LogP contribution in [0.15, 0.2) is 12.1 Å². The number of nitrogens with zero attached hydrogens (tertiary/aromatic N) is 1. The molecule has 8 heteroatoms. The molecule has 0 aromatic heterocycles. The Morgan fingerprint density at radius 2 is 1.71 bits per heavy atom. The van der Waals surface area contributed by atoms with Gasteiger partial charge in [0.2, 0.25) is 5.75 Å². The van der Waals surface area contributed by atoms with Gasteiger partial charge in [-0.15, -0.1) is 0 Å². The molecule has 3 N–H and O–H groups in total. The molecule has 1 aliphatic rings. The van der Waals surface area contributed by atoms with Crippen molar-refractivity contribution in [2.45, 2.75) is 66.7 Å². The number of unbranched alkanes of at least 4 members (excludes halogenated alkanes) is 1. The highest BCUT2D eigenvalue weighted by atomic mass is 16.6. The second-order valence-corrected chi connectivity index (χ2v) is 7.05. The Hall–Kier alpha value is -2.06. The Bertz CT molecular complexity index is 571. The summed E-state index contributed by atoms with van der Waals surface area (Å²) in [5.74, 6) is 0.833. The maximum Gasteiger partial charge on any atom is 0.334 e. The van der Waals surface area contributed by atoms with Gasteiger partial charge in [-0.25, -0.2) is 0 Å². The van der Waals surface area contributed by atoms with Gasteiger partial charge >= 0.3 is 5.69 Å². The second-order valence-electron chi connectivity index (χ2n) is 7.05. The highest BCUT2D eigenvalue weighted by Crippen LogP contribution is 2.39. The molecule has 180 valence electrons. The van der Waals surface area contributed by atoms with E-state index in [1.165, 1.54) is 25.9 Å². The van der Waals surface area contributed by atoms with Crippen LogP contribution in [0.4, 0.5) is 11.4 Å². The summed E-state index contributed by atoms with van der Waals surface area (Å²) in [6.07, 6.45) is 5.53. The van der Waals surface area contributed by atoms with E-state index >= 15 is 0 Å². The molecule has 0 aliphatic carbocycles. The van der Waals surface area contributed by atoms with E-state index in [2.05, 4.69) is 36.7 Å². The van der Waals surface area contributed by atoms with E-state index in [1.807, 2.05) is 13.8 Å². The minimum absolute atomic E-state index is 0.0250. The van der Waals surface area contributed by atoms with E-state index in [1.54, 1.807) is 12.1 Å². The molecule has 1 saturated heterocycles. The van der Waals surface area contributed by atoms with Gasteiger partial charge in [-0.1, -0.05) is 34.1 Å². The topological polar surface area (TPSA) is 97.7 Å². The summed E-state index contributed by atoms with van der Waals surface area (Å²) in [6.45, 7) is 16.4. The molecule has 31 heavy (non-hydrogen) atoms. The van der Waals surface area contributed by atoms with E-state index in [4.69, 9.17) is 9.47 Å². The van der Waals surface area contributed by atoms with Crippen LogP contribution in [-0.2, 0) is 0 Å². The number of nitro benzene ring substituents is 1. The van der Waals surface area contributed by atoms with Crippen molar-refractivity contribution in [3.63, 3.8) is 0 Å². The lowest BCUT2D eigenvalue weighted by atomic mass is 10.2. The first kappa shape index (κ1) is 28.9. The van der Waals surface area contributed by atoms with Crippen molar-refractivity contribution < 1.29 is 14.4 Å². The Kier molecular flexibility index (Phi) is 18.6. The highest BCUT2D eigenvalue weighted by Gasteiger charge is 2.23. The third-order valence-corrected chi connectivity index (χ3v) is 4.31. The average Bonchev–Trinajstić information content (AvgIpc) is 3.33. The third kappa shape index (κ3) is 13.8. The van der Waals surface area contributed by atoms with Gasteiger partial charge in [-0.05, 0) is 58.8 Å². The molecular formula is C23H44N4O4. The average molecular weight is 441 g/mol. The number of rotatable bonds is 12. The number of ether oxygens (including phenoxy) is 2. The van der Waals surface area contributed by atoms with Crippen LogP contribution < -0.4 is 25.4 Å². The molecule has 8 nitrogen and oxygen atoms in total. The van der Waals surface area contributed by atoms with Crippen LogP contribution in [0.2, 0.25) is 0 Å². The molecule has 1 heterocycles. The van der Waals surface area contributed by atoms with Crippen molar-refractivity contribution in [1.29, 1.82) is 0 Å². The smallest absolute Gasteiger partial charge is 0.334 e. The lowest BCUT2D eigenvalue weighted by molar-refractivity contribution is -0.385. The van der Waals surface area contributed by atoms with Crippen molar-refractivity contribution in [1.82, 2.24) is 10.6 Å². The van der Waals surface area contributed by atoms with Gasteiger partial charge in [0.1, 0.15) is 11.4 Å². The Morgan fingerprint density at radius 1 is 1.03 bits per heavy atom. The monoisotopic (exact) mass is 440 g/mol. The minimum atomic E-state index is -0.408. The fraction of sp³-hybridized carbons (Fsp3) is 0.739. The quantitative estimate of drug-likeness (QED) is 0.239. The van der Waals surface area contributed by atoms with Crippen molar-refractivity contribution in [3.05, 3.63) is 22.2 Å². The zero-order valence-electron chi connectivity index (χ0n) is 20.2. The summed E-state index contributed by atoms with van der Waals surface area (Å²) in [6, 6.07) is 3.25. The number of hydrogen-bond donors (Lipinski definition) is 3. The van der Waals surface area contributed by atoms with Crippen molar-refractivity contribution in [3.8, 4) is 11.5 Å². The molecule has 0 atom stereocenters. The normalized spacial score (nSPS) is 12.2. The predicted molar refractivity (Wildman–Crippen MR) is 130 cm³/mol. The minimum Gasteiger partial charge on any atom is -0.494 e. The fourth-order valence-corrected chi connectivity index (χ4v) is 2.75. The predicted octanol–water partition coefficient (Wildman–Crippen LogP) is 4.98. The summed E-state index contributed by atoms with van der Waals surface area (Å²) in [4.78, 5) is 10.9. The van der Waals surface area contributed by atoms with Crippen LogP contribution in [0, 0.1) is 10.1 Å². The molecule has 0 unspecified atom stereocenters. The SMILES string of the molecule is C1CCNC1.CCCCNc1cc(OCC)cc(OCCC)c1[N+](=O)[O-].CCNCC. The molecule has 0 saturated carbocycles. The van der Waals surface area contributed by atoms with E-state index in [0.29, 0.717) is 31.2 Å². The van der Waals surface area contributed by atoms with Crippen molar-refractivity contribution in [2.24, 2.45) is 0 Å². The Morgan fingerprint density at radius 3 is 2.13 bits per heavy atom. The molecule has 0 spiro atoms. The summed E-state index contributed by atoms with van der Waals surface area (Å²) >= 11 is 0. The first-order chi connectivity index (χ1) is 15.0. The largest absolute Gasteiger partial charge is 0.494 e. The third-order valence-electron chi connectivity index (χ3n) is 4.31. The Labute approximate surface area is 188 Å². The van der Waals surface area contributed by atoms with Gasteiger partial charge in [0, 0.05) is 18.7 Å². The Balaban J connectivity index is 0.000000734. The standard InChI is InChI=1S/C15H24N2O4.C4H9N.C4H11N/c1-4-7-8-16-13-10-12(20-6-3)11-14(21-9-5-2)15(13)17(18)19;1-2-4-5-3-1;1-3-5-4-2/h10-11,16H,4-9H2,1-3H3;5H,1-4H2;5H,3-4H2,1-2H3. The van der Waals surface area contributed by atoms with Crippen LogP contribution in [0.3, 0.4) is 0 Å². The molecule has 2 rings (SSSR count). The first-order valence-electron chi connectivity index (χ1n) is 11.8. The summed E-state index contributed by atoms with van der Waals surface area (Å²) in [5.41, 5.74) is 0.425. The molecule has 0 bridgehead atoms. The fourth-order valence-electron chi connectivity index (χ4n) is 2.75. The van der Waals surface area contributed by atoms with Gasteiger partial charge in [0.25, 0.3) is 0 Å². The number of hydrogen-bond acceptors (Lipinski definition) is 7. The maximum absolute atomic E-state index is 11.4. The van der Waals surface area contributed by atoms with Gasteiger partial charge in [0.15, 0.2) is 0 Å². The van der Waals surface area contributed by atoms with Crippen molar-refractivity contribution >= 4 is 11.4 Å². The van der Waals surface area contributed by atoms with Gasteiger partial charge < -0.3 is 25.4 Å². The van der Waals surface area contributed by atoms with E-state index in [9.17, 15) is 10.1 Å². The van der Waals surface area contributed by atoms with Gasteiger partial charge in [-0.2, -0.15) is 0 Å². The molecule has 0 radical (unpaired) electrons. The molecule has 1 fully saturated rings. The van der Waals surface area contributed by atoms with Gasteiger partial charge in [-0.3, -0.25) is 10.1 Å². The van der Waals surface area contributed by atoms with Crippen LogP contribution in [0.25, 0.3) is 0 Å². The van der Waals surface area contributed by atoms with Crippen LogP contribution in [0.1, 0.15) is 66.7 Å².